The van der Waals surface area contributed by atoms with Crippen LogP contribution in [0.4, 0.5) is 0 Å². The van der Waals surface area contributed by atoms with Gasteiger partial charge in [0.2, 0.25) is 17.7 Å². The van der Waals surface area contributed by atoms with Gasteiger partial charge in [0.15, 0.2) is 0 Å². The number of hydrogen-bond donors (Lipinski definition) is 7. The van der Waals surface area contributed by atoms with Gasteiger partial charge in [0, 0.05) is 23.8 Å². The quantitative estimate of drug-likeness (QED) is 0.217. The number of carboxylic acids is 1. The zero-order valence-corrected chi connectivity index (χ0v) is 16.7. The van der Waals surface area contributed by atoms with Crippen LogP contribution >= 0.6 is 37.9 Å². The second-order valence-electron chi connectivity index (χ2n) is 5.80. The van der Waals surface area contributed by atoms with E-state index in [2.05, 4.69) is 48.5 Å². The summed E-state index contributed by atoms with van der Waals surface area (Å²) < 4.78 is 0. The summed E-state index contributed by atoms with van der Waals surface area (Å²) in [6.45, 7) is 0.400. The first kappa shape index (κ1) is 22.9. The summed E-state index contributed by atoms with van der Waals surface area (Å²) in [5, 5.41) is 13.8. The van der Waals surface area contributed by atoms with E-state index in [1.165, 1.54) is 4.90 Å². The van der Waals surface area contributed by atoms with E-state index in [0.717, 1.165) is 0 Å². The fraction of sp³-hybridized carbons (Fsp3) is 0.714. The molecule has 4 unspecified atom stereocenters. The monoisotopic (exact) mass is 424 g/mol. The molecular formula is C14H24N4O5S3. The van der Waals surface area contributed by atoms with Crippen molar-refractivity contribution in [1.29, 1.82) is 0 Å². The van der Waals surface area contributed by atoms with Crippen molar-refractivity contribution >= 4 is 61.6 Å². The van der Waals surface area contributed by atoms with Crippen LogP contribution < -0.4 is 16.4 Å². The summed E-state index contributed by atoms with van der Waals surface area (Å²) in [7, 11) is 0. The van der Waals surface area contributed by atoms with Crippen LogP contribution in [0.2, 0.25) is 0 Å². The van der Waals surface area contributed by atoms with Crippen molar-refractivity contribution in [1.82, 2.24) is 15.5 Å². The van der Waals surface area contributed by atoms with Crippen molar-refractivity contribution < 1.29 is 24.3 Å². The molecule has 4 atom stereocenters. The largest absolute Gasteiger partial charge is 0.480 e. The Labute approximate surface area is 168 Å². The highest BCUT2D eigenvalue weighted by Gasteiger charge is 2.37. The molecule has 0 aliphatic carbocycles. The van der Waals surface area contributed by atoms with Crippen LogP contribution in [-0.2, 0) is 19.2 Å². The third kappa shape index (κ3) is 5.96. The van der Waals surface area contributed by atoms with Crippen LogP contribution in [0.3, 0.4) is 0 Å². The minimum absolute atomic E-state index is 0.0344. The van der Waals surface area contributed by atoms with Gasteiger partial charge in [-0.3, -0.25) is 14.4 Å². The molecule has 5 N–H and O–H groups in total. The van der Waals surface area contributed by atoms with E-state index in [4.69, 9.17) is 10.8 Å². The number of aliphatic carboxylic acids is 1. The van der Waals surface area contributed by atoms with Crippen LogP contribution in [0.5, 0.6) is 0 Å². The number of carbonyl (C=O) groups is 4. The molecule has 1 heterocycles. The van der Waals surface area contributed by atoms with Gasteiger partial charge in [-0.2, -0.15) is 37.9 Å². The van der Waals surface area contributed by atoms with E-state index >= 15 is 0 Å². The topological polar surface area (TPSA) is 142 Å². The molecule has 1 fully saturated rings. The number of hydrogen-bond acceptors (Lipinski definition) is 8. The number of carbonyl (C=O) groups excluding carboxylic acids is 3. The Balaban J connectivity index is 2.74. The predicted molar refractivity (Wildman–Crippen MR) is 106 cm³/mol. The molecule has 1 rings (SSSR count). The predicted octanol–water partition coefficient (Wildman–Crippen LogP) is -1.85. The number of likely N-dealkylation sites (tertiary alicyclic amines) is 1. The Hall–Kier alpha value is -1.11. The first-order valence-corrected chi connectivity index (χ1v) is 9.88. The summed E-state index contributed by atoms with van der Waals surface area (Å²) in [5.41, 5.74) is 5.69. The summed E-state index contributed by atoms with van der Waals surface area (Å²) in [6, 6.07) is -3.75. The average molecular weight is 425 g/mol. The highest BCUT2D eigenvalue weighted by Crippen LogP contribution is 2.18. The van der Waals surface area contributed by atoms with Gasteiger partial charge in [0.25, 0.3) is 0 Å². The zero-order valence-electron chi connectivity index (χ0n) is 14.0. The maximum atomic E-state index is 12.5. The number of thiol groups is 3. The molecule has 0 aromatic rings. The van der Waals surface area contributed by atoms with Gasteiger partial charge in [0.1, 0.15) is 18.1 Å². The van der Waals surface area contributed by atoms with Gasteiger partial charge < -0.3 is 26.4 Å². The lowest BCUT2D eigenvalue weighted by atomic mass is 10.1. The fourth-order valence-electron chi connectivity index (χ4n) is 2.51. The SMILES string of the molecule is NC(CS)C(=O)N1CCCC1C(=O)NC(CS)C(=O)NC(CS)C(=O)O. The lowest BCUT2D eigenvalue weighted by Crippen LogP contribution is -2.57. The maximum absolute atomic E-state index is 12.5. The molecule has 0 saturated carbocycles. The first-order chi connectivity index (χ1) is 12.3. The van der Waals surface area contributed by atoms with Crippen molar-refractivity contribution in [2.75, 3.05) is 23.8 Å². The molecule has 1 saturated heterocycles. The average Bonchev–Trinajstić information content (AvgIpc) is 3.11. The molecule has 3 amide bonds. The molecule has 0 aromatic heterocycles. The van der Waals surface area contributed by atoms with E-state index in [1.54, 1.807) is 0 Å². The zero-order chi connectivity index (χ0) is 19.9. The minimum Gasteiger partial charge on any atom is -0.480 e. The summed E-state index contributed by atoms with van der Waals surface area (Å²) in [6.07, 6.45) is 1.09. The van der Waals surface area contributed by atoms with Crippen LogP contribution in [-0.4, -0.2) is 81.7 Å². The van der Waals surface area contributed by atoms with E-state index in [1.807, 2.05) is 0 Å². The molecule has 9 nitrogen and oxygen atoms in total. The number of amides is 3. The van der Waals surface area contributed by atoms with Gasteiger partial charge in [-0.15, -0.1) is 0 Å². The third-order valence-corrected chi connectivity index (χ3v) is 5.09. The highest BCUT2D eigenvalue weighted by atomic mass is 32.1. The second kappa shape index (κ2) is 10.9. The normalized spacial score (nSPS) is 20.2. The van der Waals surface area contributed by atoms with E-state index in [9.17, 15) is 19.2 Å². The van der Waals surface area contributed by atoms with Gasteiger partial charge in [-0.05, 0) is 12.8 Å². The van der Waals surface area contributed by atoms with E-state index in [-0.39, 0.29) is 23.2 Å². The summed E-state index contributed by atoms with van der Waals surface area (Å²) in [5.74, 6) is -2.76. The van der Waals surface area contributed by atoms with Crippen LogP contribution in [0.1, 0.15) is 12.8 Å². The second-order valence-corrected chi connectivity index (χ2v) is 6.90. The van der Waals surface area contributed by atoms with Crippen molar-refractivity contribution in [3.8, 4) is 0 Å². The first-order valence-electron chi connectivity index (χ1n) is 7.99. The van der Waals surface area contributed by atoms with Gasteiger partial charge in [-0.1, -0.05) is 0 Å². The molecular weight excluding hydrogens is 400 g/mol. The van der Waals surface area contributed by atoms with Gasteiger partial charge in [0.05, 0.1) is 6.04 Å². The lowest BCUT2D eigenvalue weighted by molar-refractivity contribution is -0.142. The van der Waals surface area contributed by atoms with Gasteiger partial charge >= 0.3 is 5.97 Å². The van der Waals surface area contributed by atoms with Crippen LogP contribution in [0, 0.1) is 0 Å². The summed E-state index contributed by atoms with van der Waals surface area (Å²) >= 11 is 11.9. The number of nitrogens with one attached hydrogen (secondary N) is 2. The van der Waals surface area contributed by atoms with Crippen molar-refractivity contribution in [2.24, 2.45) is 5.73 Å². The molecule has 1 aliphatic heterocycles. The Kier molecular flexibility index (Phi) is 9.61. The molecule has 26 heavy (non-hydrogen) atoms. The Morgan fingerprint density at radius 3 is 2.19 bits per heavy atom. The molecule has 12 heteroatoms. The standard InChI is InChI=1S/C14H24N4O5S3/c15-7(4-24)13(21)18-3-1-2-10(18)12(20)16-8(5-25)11(19)17-9(6-26)14(22)23/h7-10,24-26H,1-6,15H2,(H,16,20)(H,17,19)(H,22,23). The Morgan fingerprint density at radius 1 is 1.08 bits per heavy atom. The van der Waals surface area contributed by atoms with E-state index < -0.39 is 42.0 Å². The highest BCUT2D eigenvalue weighted by molar-refractivity contribution is 7.80. The number of nitrogens with zero attached hydrogens (tertiary/aromatic N) is 1. The smallest absolute Gasteiger partial charge is 0.327 e. The van der Waals surface area contributed by atoms with Crippen molar-refractivity contribution in [3.63, 3.8) is 0 Å². The third-order valence-electron chi connectivity index (χ3n) is 3.97. The molecule has 0 aromatic carbocycles. The Morgan fingerprint density at radius 2 is 1.69 bits per heavy atom. The molecule has 0 bridgehead atoms. The van der Waals surface area contributed by atoms with Crippen molar-refractivity contribution in [3.05, 3.63) is 0 Å². The van der Waals surface area contributed by atoms with Gasteiger partial charge in [-0.25, -0.2) is 4.79 Å². The number of rotatable bonds is 9. The van der Waals surface area contributed by atoms with Crippen LogP contribution in [0.25, 0.3) is 0 Å². The van der Waals surface area contributed by atoms with Crippen LogP contribution in [0.15, 0.2) is 0 Å². The van der Waals surface area contributed by atoms with E-state index in [0.29, 0.717) is 19.4 Å². The molecule has 148 valence electrons. The Bertz CT molecular complexity index is 551. The lowest BCUT2D eigenvalue weighted by Gasteiger charge is -2.27. The molecule has 1 aliphatic rings. The number of carboxylic acid groups (broad SMARTS) is 1. The fourth-order valence-corrected chi connectivity index (χ4v) is 3.17. The number of nitrogens with two attached hydrogens (primary N) is 1. The van der Waals surface area contributed by atoms with Crippen molar-refractivity contribution in [2.45, 2.75) is 37.0 Å². The minimum atomic E-state index is -1.23. The maximum Gasteiger partial charge on any atom is 0.327 e. The molecule has 0 radical (unpaired) electrons. The summed E-state index contributed by atoms with van der Waals surface area (Å²) in [4.78, 5) is 49.3. The molecule has 0 spiro atoms.